The minimum Gasteiger partial charge on any atom is -0.306 e. The van der Waals surface area contributed by atoms with Crippen LogP contribution in [0.2, 0.25) is 0 Å². The van der Waals surface area contributed by atoms with Crippen LogP contribution in [-0.4, -0.2) is 35.7 Å². The van der Waals surface area contributed by atoms with Gasteiger partial charge < -0.3 is 4.90 Å². The summed E-state index contributed by atoms with van der Waals surface area (Å²) in [6, 6.07) is 18.3. The van der Waals surface area contributed by atoms with Crippen LogP contribution in [0.1, 0.15) is 56.7 Å². The van der Waals surface area contributed by atoms with E-state index in [9.17, 15) is 14.4 Å². The molecule has 1 aliphatic rings. The van der Waals surface area contributed by atoms with E-state index < -0.39 is 0 Å². The second-order valence-corrected chi connectivity index (χ2v) is 9.49. The molecular weight excluding hydrogens is 408 g/mol. The van der Waals surface area contributed by atoms with E-state index in [4.69, 9.17) is 0 Å². The predicted octanol–water partition coefficient (Wildman–Crippen LogP) is 4.99. The SMILES string of the molecule is CC(C)(C)c1ccc(N(CCN2C(=O)c3ccccc3C2=O)C(=O)c2cccs2)cc1. The molecule has 0 bridgehead atoms. The third kappa shape index (κ3) is 4.03. The summed E-state index contributed by atoms with van der Waals surface area (Å²) >= 11 is 1.37. The summed E-state index contributed by atoms with van der Waals surface area (Å²) < 4.78 is 0. The number of carbonyl (C=O) groups is 3. The second-order valence-electron chi connectivity index (χ2n) is 8.54. The zero-order chi connectivity index (χ0) is 22.2. The Kier molecular flexibility index (Phi) is 5.50. The lowest BCUT2D eigenvalue weighted by Crippen LogP contribution is -2.41. The minimum absolute atomic E-state index is 0.00128. The first kappa shape index (κ1) is 21.0. The quantitative estimate of drug-likeness (QED) is 0.534. The van der Waals surface area contributed by atoms with E-state index in [0.29, 0.717) is 16.0 Å². The number of rotatable bonds is 5. The zero-order valence-electron chi connectivity index (χ0n) is 17.8. The van der Waals surface area contributed by atoms with E-state index in [1.807, 2.05) is 35.7 Å². The summed E-state index contributed by atoms with van der Waals surface area (Å²) in [6.07, 6.45) is 0. The smallest absolute Gasteiger partial charge is 0.268 e. The number of anilines is 1. The zero-order valence-corrected chi connectivity index (χ0v) is 18.6. The van der Waals surface area contributed by atoms with Gasteiger partial charge in [-0.3, -0.25) is 19.3 Å². The maximum absolute atomic E-state index is 13.2. The number of hydrogen-bond acceptors (Lipinski definition) is 4. The normalized spacial score (nSPS) is 13.5. The van der Waals surface area contributed by atoms with Crippen molar-refractivity contribution in [1.29, 1.82) is 0 Å². The highest BCUT2D eigenvalue weighted by molar-refractivity contribution is 7.12. The van der Waals surface area contributed by atoms with Crippen LogP contribution in [0, 0.1) is 0 Å². The van der Waals surface area contributed by atoms with Gasteiger partial charge in [0.25, 0.3) is 17.7 Å². The van der Waals surface area contributed by atoms with E-state index in [2.05, 4.69) is 20.8 Å². The molecule has 3 amide bonds. The predicted molar refractivity (Wildman–Crippen MR) is 123 cm³/mol. The van der Waals surface area contributed by atoms with Crippen molar-refractivity contribution in [3.63, 3.8) is 0 Å². The molecule has 0 spiro atoms. The Hall–Kier alpha value is -3.25. The van der Waals surface area contributed by atoms with E-state index in [0.717, 1.165) is 5.69 Å². The number of nitrogens with zero attached hydrogens (tertiary/aromatic N) is 2. The van der Waals surface area contributed by atoms with Gasteiger partial charge in [0.1, 0.15) is 0 Å². The Labute approximate surface area is 185 Å². The van der Waals surface area contributed by atoms with Gasteiger partial charge in [-0.05, 0) is 46.7 Å². The van der Waals surface area contributed by atoms with E-state index in [1.165, 1.54) is 21.8 Å². The first-order valence-corrected chi connectivity index (χ1v) is 11.1. The van der Waals surface area contributed by atoms with Gasteiger partial charge in [-0.1, -0.05) is 51.1 Å². The minimum atomic E-state index is -0.313. The lowest BCUT2D eigenvalue weighted by Gasteiger charge is -2.26. The number of thiophene rings is 1. The average Bonchev–Trinajstić information content (AvgIpc) is 3.37. The summed E-state index contributed by atoms with van der Waals surface area (Å²) in [4.78, 5) is 42.1. The lowest BCUT2D eigenvalue weighted by atomic mass is 9.87. The molecule has 2 heterocycles. The van der Waals surface area contributed by atoms with Crippen molar-refractivity contribution in [2.75, 3.05) is 18.0 Å². The molecule has 2 aromatic carbocycles. The van der Waals surface area contributed by atoms with Crippen molar-refractivity contribution in [3.05, 3.63) is 87.6 Å². The summed E-state index contributed by atoms with van der Waals surface area (Å²) in [5.74, 6) is -0.769. The van der Waals surface area contributed by atoms with Gasteiger partial charge in [-0.15, -0.1) is 11.3 Å². The Morgan fingerprint density at radius 3 is 2.03 bits per heavy atom. The standard InChI is InChI=1S/C25H24N2O3S/c1-25(2,3)17-10-12-18(13-11-17)26(24(30)21-9-6-16-31-21)14-15-27-22(28)19-7-4-5-8-20(19)23(27)29/h4-13,16H,14-15H2,1-3H3. The summed E-state index contributed by atoms with van der Waals surface area (Å²) in [5, 5.41) is 1.86. The summed E-state index contributed by atoms with van der Waals surface area (Å²) in [7, 11) is 0. The van der Waals surface area contributed by atoms with Crippen LogP contribution in [0.5, 0.6) is 0 Å². The van der Waals surface area contributed by atoms with Gasteiger partial charge >= 0.3 is 0 Å². The third-order valence-corrected chi connectivity index (χ3v) is 6.31. The Bertz CT molecular complexity index is 1090. The Morgan fingerprint density at radius 2 is 1.52 bits per heavy atom. The number of hydrogen-bond donors (Lipinski definition) is 0. The molecule has 0 atom stereocenters. The van der Waals surface area contributed by atoms with Gasteiger partial charge in [0, 0.05) is 18.8 Å². The first-order valence-electron chi connectivity index (χ1n) is 10.2. The molecule has 6 heteroatoms. The van der Waals surface area contributed by atoms with Crippen molar-refractivity contribution in [1.82, 2.24) is 4.90 Å². The topological polar surface area (TPSA) is 57.7 Å². The fourth-order valence-electron chi connectivity index (χ4n) is 3.66. The van der Waals surface area contributed by atoms with Crippen molar-refractivity contribution in [2.45, 2.75) is 26.2 Å². The maximum Gasteiger partial charge on any atom is 0.268 e. The summed E-state index contributed by atoms with van der Waals surface area (Å²) in [6.45, 7) is 6.76. The molecule has 0 fully saturated rings. The summed E-state index contributed by atoms with van der Waals surface area (Å²) in [5.41, 5.74) is 2.74. The Balaban J connectivity index is 1.59. The van der Waals surface area contributed by atoms with Crippen LogP contribution in [0.15, 0.2) is 66.0 Å². The van der Waals surface area contributed by atoms with E-state index >= 15 is 0 Å². The monoisotopic (exact) mass is 432 g/mol. The number of carbonyl (C=O) groups excluding carboxylic acids is 3. The van der Waals surface area contributed by atoms with Crippen LogP contribution in [0.3, 0.4) is 0 Å². The van der Waals surface area contributed by atoms with Gasteiger partial charge in [0.15, 0.2) is 0 Å². The highest BCUT2D eigenvalue weighted by Gasteiger charge is 2.35. The fraction of sp³-hybridized carbons (Fsp3) is 0.240. The molecule has 1 aromatic heterocycles. The maximum atomic E-state index is 13.2. The van der Waals surface area contributed by atoms with Gasteiger partial charge in [0.2, 0.25) is 0 Å². The molecule has 5 nitrogen and oxygen atoms in total. The molecule has 1 aliphatic heterocycles. The van der Waals surface area contributed by atoms with E-state index in [-0.39, 0.29) is 36.2 Å². The first-order chi connectivity index (χ1) is 14.8. The average molecular weight is 433 g/mol. The molecule has 31 heavy (non-hydrogen) atoms. The molecular formula is C25H24N2O3S. The second kappa shape index (κ2) is 8.12. The van der Waals surface area contributed by atoms with Crippen molar-refractivity contribution < 1.29 is 14.4 Å². The van der Waals surface area contributed by atoms with Crippen LogP contribution >= 0.6 is 11.3 Å². The number of benzene rings is 2. The Morgan fingerprint density at radius 1 is 0.903 bits per heavy atom. The van der Waals surface area contributed by atoms with Crippen molar-refractivity contribution >= 4 is 34.7 Å². The van der Waals surface area contributed by atoms with Crippen LogP contribution in [0.4, 0.5) is 5.69 Å². The molecule has 0 radical (unpaired) electrons. The van der Waals surface area contributed by atoms with Crippen LogP contribution in [0.25, 0.3) is 0 Å². The lowest BCUT2D eigenvalue weighted by molar-refractivity contribution is 0.0654. The highest BCUT2D eigenvalue weighted by Crippen LogP contribution is 2.27. The molecule has 0 unspecified atom stereocenters. The molecule has 4 rings (SSSR count). The largest absolute Gasteiger partial charge is 0.306 e. The molecule has 3 aromatic rings. The molecule has 0 N–H and O–H groups in total. The van der Waals surface area contributed by atoms with Crippen molar-refractivity contribution in [2.24, 2.45) is 0 Å². The van der Waals surface area contributed by atoms with Gasteiger partial charge in [-0.2, -0.15) is 0 Å². The molecule has 0 aliphatic carbocycles. The van der Waals surface area contributed by atoms with Crippen LogP contribution < -0.4 is 4.90 Å². The molecule has 158 valence electrons. The molecule has 0 saturated carbocycles. The van der Waals surface area contributed by atoms with Gasteiger partial charge in [0.05, 0.1) is 16.0 Å². The fourth-order valence-corrected chi connectivity index (χ4v) is 4.34. The number of amides is 3. The molecule has 0 saturated heterocycles. The highest BCUT2D eigenvalue weighted by atomic mass is 32.1. The van der Waals surface area contributed by atoms with E-state index in [1.54, 1.807) is 35.2 Å². The van der Waals surface area contributed by atoms with Gasteiger partial charge in [-0.25, -0.2) is 0 Å². The number of fused-ring (bicyclic) bond motifs is 1. The van der Waals surface area contributed by atoms with Crippen LogP contribution in [-0.2, 0) is 5.41 Å². The number of imide groups is 1. The third-order valence-electron chi connectivity index (χ3n) is 5.45. The van der Waals surface area contributed by atoms with Crippen molar-refractivity contribution in [3.8, 4) is 0 Å².